The SMILES string of the molecule is CCCCCCCCCCCCCCCCC(=O)OC[C@@H](COC(=O)CCCCCCCCCCCCCCC)OC(=O)CCCCCCCCCCCCCCCC. The molecule has 0 aromatic carbocycles. The molecule has 0 spiro atoms. The van der Waals surface area contributed by atoms with Crippen LogP contribution in [0, 0.1) is 0 Å². The van der Waals surface area contributed by atoms with Crippen LogP contribution in [0.2, 0.25) is 0 Å². The number of unbranched alkanes of at least 4 members (excludes halogenated alkanes) is 38. The standard InChI is InChI=1S/C53H102O6/c1-4-7-10-13-16-19-22-25-28-31-34-37-40-43-46-52(55)58-49-50(48-57-51(54)45-42-39-36-33-30-27-24-21-18-15-12-9-6-3)59-53(56)47-44-41-38-35-32-29-26-23-20-17-14-11-8-5-2/h50H,4-49H2,1-3H3/t50-/m1/s1. The second-order valence-electron chi connectivity index (χ2n) is 18.2. The molecule has 0 radical (unpaired) electrons. The van der Waals surface area contributed by atoms with Crippen molar-refractivity contribution < 1.29 is 28.6 Å². The lowest BCUT2D eigenvalue weighted by Crippen LogP contribution is -2.30. The molecule has 0 unspecified atom stereocenters. The van der Waals surface area contributed by atoms with Crippen molar-refractivity contribution in [2.45, 2.75) is 309 Å². The van der Waals surface area contributed by atoms with Gasteiger partial charge in [-0.2, -0.15) is 0 Å². The first-order valence-corrected chi connectivity index (χ1v) is 26.5. The molecular weight excluding hydrogens is 733 g/mol. The average molecular weight is 835 g/mol. The number of carbonyl (C=O) groups is 3. The predicted octanol–water partition coefficient (Wildman–Crippen LogP) is 17.2. The molecule has 6 heteroatoms. The Bertz CT molecular complexity index is 874. The van der Waals surface area contributed by atoms with Gasteiger partial charge in [0.15, 0.2) is 6.10 Å². The third kappa shape index (κ3) is 47.3. The number of carbonyl (C=O) groups excluding carboxylic acids is 3. The number of hydrogen-bond acceptors (Lipinski definition) is 6. The quantitative estimate of drug-likeness (QED) is 0.0345. The number of rotatable bonds is 49. The minimum absolute atomic E-state index is 0.0616. The van der Waals surface area contributed by atoms with Gasteiger partial charge in [0.25, 0.3) is 0 Å². The molecular formula is C53H102O6. The maximum absolute atomic E-state index is 12.8. The van der Waals surface area contributed by atoms with Crippen molar-refractivity contribution >= 4 is 17.9 Å². The van der Waals surface area contributed by atoms with E-state index < -0.39 is 6.10 Å². The zero-order valence-corrected chi connectivity index (χ0v) is 40.1. The fourth-order valence-electron chi connectivity index (χ4n) is 8.09. The summed E-state index contributed by atoms with van der Waals surface area (Å²) in [6.45, 7) is 6.69. The molecule has 0 heterocycles. The van der Waals surface area contributed by atoms with Gasteiger partial charge in [-0.05, 0) is 19.3 Å². The zero-order valence-electron chi connectivity index (χ0n) is 40.1. The van der Waals surface area contributed by atoms with Crippen LogP contribution >= 0.6 is 0 Å². The van der Waals surface area contributed by atoms with Gasteiger partial charge in [0.1, 0.15) is 13.2 Å². The van der Waals surface area contributed by atoms with E-state index in [1.807, 2.05) is 0 Å². The Kier molecular flexibility index (Phi) is 47.7. The molecule has 0 amide bonds. The van der Waals surface area contributed by atoms with Gasteiger partial charge in [-0.1, -0.05) is 265 Å². The number of esters is 3. The van der Waals surface area contributed by atoms with Crippen molar-refractivity contribution in [2.24, 2.45) is 0 Å². The van der Waals surface area contributed by atoms with Crippen LogP contribution in [-0.2, 0) is 28.6 Å². The van der Waals surface area contributed by atoms with Gasteiger partial charge in [0.05, 0.1) is 0 Å². The Morgan fingerprint density at radius 2 is 0.458 bits per heavy atom. The maximum atomic E-state index is 12.8. The van der Waals surface area contributed by atoms with Crippen molar-refractivity contribution in [2.75, 3.05) is 13.2 Å². The van der Waals surface area contributed by atoms with Crippen molar-refractivity contribution in [1.29, 1.82) is 0 Å². The van der Waals surface area contributed by atoms with Crippen molar-refractivity contribution in [3.63, 3.8) is 0 Å². The van der Waals surface area contributed by atoms with Gasteiger partial charge in [-0.15, -0.1) is 0 Å². The van der Waals surface area contributed by atoms with Crippen molar-refractivity contribution in [1.82, 2.24) is 0 Å². The van der Waals surface area contributed by atoms with Crippen LogP contribution < -0.4 is 0 Å². The van der Waals surface area contributed by atoms with Gasteiger partial charge < -0.3 is 14.2 Å². The third-order valence-electron chi connectivity index (χ3n) is 12.1. The molecule has 1 atom stereocenters. The van der Waals surface area contributed by atoms with Crippen molar-refractivity contribution in [3.05, 3.63) is 0 Å². The van der Waals surface area contributed by atoms with E-state index in [2.05, 4.69) is 20.8 Å². The highest BCUT2D eigenvalue weighted by Crippen LogP contribution is 2.17. The molecule has 0 saturated carbocycles. The second kappa shape index (κ2) is 49.1. The van der Waals surface area contributed by atoms with Crippen LogP contribution in [0.1, 0.15) is 303 Å². The zero-order chi connectivity index (χ0) is 43.0. The molecule has 59 heavy (non-hydrogen) atoms. The van der Waals surface area contributed by atoms with Gasteiger partial charge in [-0.3, -0.25) is 14.4 Å². The minimum atomic E-state index is -0.759. The van der Waals surface area contributed by atoms with E-state index in [-0.39, 0.29) is 31.1 Å². The van der Waals surface area contributed by atoms with E-state index in [1.54, 1.807) is 0 Å². The van der Waals surface area contributed by atoms with Gasteiger partial charge >= 0.3 is 17.9 Å². The van der Waals surface area contributed by atoms with E-state index in [0.29, 0.717) is 19.3 Å². The summed E-state index contributed by atoms with van der Waals surface area (Å²) >= 11 is 0. The molecule has 0 rings (SSSR count). The van der Waals surface area contributed by atoms with Crippen LogP contribution in [0.3, 0.4) is 0 Å². The molecule has 0 fully saturated rings. The van der Waals surface area contributed by atoms with Crippen LogP contribution in [0.4, 0.5) is 0 Å². The molecule has 0 aromatic rings. The molecule has 6 nitrogen and oxygen atoms in total. The van der Waals surface area contributed by atoms with Gasteiger partial charge in [-0.25, -0.2) is 0 Å². The van der Waals surface area contributed by atoms with Crippen LogP contribution in [0.5, 0.6) is 0 Å². The average Bonchev–Trinajstić information content (AvgIpc) is 3.23. The first-order chi connectivity index (χ1) is 29.0. The lowest BCUT2D eigenvalue weighted by atomic mass is 10.0. The summed E-state index contributed by atoms with van der Waals surface area (Å²) < 4.78 is 16.8. The Balaban J connectivity index is 4.31. The molecule has 350 valence electrons. The van der Waals surface area contributed by atoms with Crippen molar-refractivity contribution in [3.8, 4) is 0 Å². The van der Waals surface area contributed by atoms with E-state index in [4.69, 9.17) is 14.2 Å². The highest BCUT2D eigenvalue weighted by molar-refractivity contribution is 5.71. The molecule has 0 aliphatic heterocycles. The summed E-state index contributed by atoms with van der Waals surface area (Å²) in [5, 5.41) is 0. The number of ether oxygens (including phenoxy) is 3. The largest absolute Gasteiger partial charge is 0.462 e. The summed E-state index contributed by atoms with van der Waals surface area (Å²) in [5.41, 5.74) is 0. The summed E-state index contributed by atoms with van der Waals surface area (Å²) in [6, 6.07) is 0. The van der Waals surface area contributed by atoms with Gasteiger partial charge in [0, 0.05) is 19.3 Å². The molecule has 0 aliphatic carbocycles. The van der Waals surface area contributed by atoms with E-state index in [9.17, 15) is 14.4 Å². The topological polar surface area (TPSA) is 78.9 Å². The molecule has 0 aromatic heterocycles. The molecule has 0 N–H and O–H groups in total. The fourth-order valence-corrected chi connectivity index (χ4v) is 8.09. The normalized spacial score (nSPS) is 11.8. The third-order valence-corrected chi connectivity index (χ3v) is 12.1. The maximum Gasteiger partial charge on any atom is 0.306 e. The van der Waals surface area contributed by atoms with Gasteiger partial charge in [0.2, 0.25) is 0 Å². The fraction of sp³-hybridized carbons (Fsp3) is 0.943. The summed E-state index contributed by atoms with van der Waals surface area (Å²) in [4.78, 5) is 38.0. The van der Waals surface area contributed by atoms with Crippen LogP contribution in [0.25, 0.3) is 0 Å². The molecule has 0 aliphatic rings. The second-order valence-corrected chi connectivity index (χ2v) is 18.2. The Labute approximate surface area is 368 Å². The Morgan fingerprint density at radius 1 is 0.271 bits per heavy atom. The smallest absolute Gasteiger partial charge is 0.306 e. The minimum Gasteiger partial charge on any atom is -0.462 e. The van der Waals surface area contributed by atoms with E-state index in [0.717, 1.165) is 57.8 Å². The highest BCUT2D eigenvalue weighted by atomic mass is 16.6. The summed E-state index contributed by atoms with van der Waals surface area (Å²) in [7, 11) is 0. The highest BCUT2D eigenvalue weighted by Gasteiger charge is 2.19. The molecule has 0 bridgehead atoms. The van der Waals surface area contributed by atoms with Crippen LogP contribution in [-0.4, -0.2) is 37.2 Å². The summed E-state index contributed by atoms with van der Waals surface area (Å²) in [6.07, 6.45) is 52.2. The van der Waals surface area contributed by atoms with E-state index in [1.165, 1.54) is 205 Å². The molecule has 0 saturated heterocycles. The predicted molar refractivity (Wildman–Crippen MR) is 252 cm³/mol. The Hall–Kier alpha value is -1.59. The first-order valence-electron chi connectivity index (χ1n) is 26.5. The van der Waals surface area contributed by atoms with E-state index >= 15 is 0 Å². The lowest BCUT2D eigenvalue weighted by molar-refractivity contribution is -0.167. The number of hydrogen-bond donors (Lipinski definition) is 0. The summed E-state index contributed by atoms with van der Waals surface area (Å²) in [5.74, 6) is -0.838. The lowest BCUT2D eigenvalue weighted by Gasteiger charge is -2.18. The van der Waals surface area contributed by atoms with Crippen LogP contribution in [0.15, 0.2) is 0 Å². The monoisotopic (exact) mass is 835 g/mol. The Morgan fingerprint density at radius 3 is 0.678 bits per heavy atom. The first kappa shape index (κ1) is 57.4.